The number of amides is 2. The fourth-order valence-electron chi connectivity index (χ4n) is 3.17. The topological polar surface area (TPSA) is 109 Å². The van der Waals surface area contributed by atoms with Gasteiger partial charge in [-0.1, -0.05) is 0 Å². The van der Waals surface area contributed by atoms with E-state index in [1.54, 1.807) is 43.3 Å². The summed E-state index contributed by atoms with van der Waals surface area (Å²) >= 11 is 0. The first-order chi connectivity index (χ1) is 13.8. The summed E-state index contributed by atoms with van der Waals surface area (Å²) in [7, 11) is 0. The Balaban J connectivity index is 1.72. The van der Waals surface area contributed by atoms with E-state index in [4.69, 9.17) is 4.42 Å². The van der Waals surface area contributed by atoms with Gasteiger partial charge >= 0.3 is 5.63 Å². The molecule has 0 fully saturated rings. The van der Waals surface area contributed by atoms with Gasteiger partial charge in [-0.15, -0.1) is 0 Å². The summed E-state index contributed by atoms with van der Waals surface area (Å²) in [4.78, 5) is 35.7. The van der Waals surface area contributed by atoms with Crippen molar-refractivity contribution in [1.29, 1.82) is 0 Å². The van der Waals surface area contributed by atoms with Crippen molar-refractivity contribution < 1.29 is 19.1 Å². The van der Waals surface area contributed by atoms with E-state index in [0.717, 1.165) is 10.9 Å². The number of aryl methyl sites for hydroxylation is 2. The Morgan fingerprint density at radius 3 is 2.21 bits per heavy atom. The summed E-state index contributed by atoms with van der Waals surface area (Å²) in [5.41, 5.74) is 2.79. The maximum Gasteiger partial charge on any atom is 0.339 e. The lowest BCUT2D eigenvalue weighted by molar-refractivity contribution is -0.116. The van der Waals surface area contributed by atoms with Gasteiger partial charge in [0.05, 0.1) is 0 Å². The standard InChI is InChI=1S/C22H22N2O5/c1-12-17-8-10-19(26)13(2)21(17)29-22(28)18(12)9-11-20(27)24-16-6-4-15(5-7-16)23-14(3)25/h4-8,10,26H,9,11H2,1-3H3,(H,23,25)(H,24,27). The van der Waals surface area contributed by atoms with Crippen molar-refractivity contribution in [3.63, 3.8) is 0 Å². The zero-order valence-corrected chi connectivity index (χ0v) is 16.5. The third-order valence-electron chi connectivity index (χ3n) is 4.77. The lowest BCUT2D eigenvalue weighted by Gasteiger charge is -2.10. The highest BCUT2D eigenvalue weighted by molar-refractivity contribution is 5.92. The zero-order valence-electron chi connectivity index (χ0n) is 16.5. The average Bonchev–Trinajstić information content (AvgIpc) is 2.66. The number of hydrogen-bond donors (Lipinski definition) is 3. The molecule has 0 atom stereocenters. The zero-order chi connectivity index (χ0) is 21.1. The number of rotatable bonds is 5. The van der Waals surface area contributed by atoms with Gasteiger partial charge in [0.25, 0.3) is 0 Å². The van der Waals surface area contributed by atoms with Crippen molar-refractivity contribution in [3.8, 4) is 5.75 Å². The number of benzene rings is 2. The normalized spacial score (nSPS) is 10.7. The monoisotopic (exact) mass is 394 g/mol. The minimum Gasteiger partial charge on any atom is -0.508 e. The van der Waals surface area contributed by atoms with E-state index in [2.05, 4.69) is 10.6 Å². The Morgan fingerprint density at radius 2 is 1.59 bits per heavy atom. The third kappa shape index (κ3) is 4.45. The number of nitrogens with one attached hydrogen (secondary N) is 2. The fraction of sp³-hybridized carbons (Fsp3) is 0.227. The molecule has 1 aromatic heterocycles. The maximum absolute atomic E-state index is 12.4. The van der Waals surface area contributed by atoms with Crippen LogP contribution in [0.2, 0.25) is 0 Å². The van der Waals surface area contributed by atoms with Gasteiger partial charge in [-0.05, 0) is 62.2 Å². The molecule has 0 bridgehead atoms. The largest absolute Gasteiger partial charge is 0.508 e. The van der Waals surface area contributed by atoms with E-state index >= 15 is 0 Å². The molecule has 0 spiro atoms. The second kappa shape index (κ2) is 8.18. The molecule has 0 radical (unpaired) electrons. The third-order valence-corrected chi connectivity index (χ3v) is 4.77. The van der Waals surface area contributed by atoms with E-state index in [0.29, 0.717) is 28.1 Å². The van der Waals surface area contributed by atoms with Crippen LogP contribution in [0.15, 0.2) is 45.6 Å². The maximum atomic E-state index is 12.4. The van der Waals surface area contributed by atoms with Crippen LogP contribution in [0.5, 0.6) is 5.75 Å². The van der Waals surface area contributed by atoms with Crippen LogP contribution in [0, 0.1) is 13.8 Å². The number of fused-ring (bicyclic) bond motifs is 1. The Bertz CT molecular complexity index is 1150. The van der Waals surface area contributed by atoms with Gasteiger partial charge in [0, 0.05) is 41.2 Å². The summed E-state index contributed by atoms with van der Waals surface area (Å²) in [5.74, 6) is -0.341. The second-order valence-electron chi connectivity index (χ2n) is 6.89. The van der Waals surface area contributed by atoms with Crippen molar-refractivity contribution in [2.45, 2.75) is 33.6 Å². The molecule has 0 saturated carbocycles. The smallest absolute Gasteiger partial charge is 0.339 e. The first kappa shape index (κ1) is 20.1. The number of phenolic OH excluding ortho intramolecular Hbond substituents is 1. The van der Waals surface area contributed by atoms with Gasteiger partial charge < -0.3 is 20.2 Å². The molecule has 3 aromatic rings. The lowest BCUT2D eigenvalue weighted by atomic mass is 10.0. The van der Waals surface area contributed by atoms with Gasteiger partial charge in [0.15, 0.2) is 0 Å². The van der Waals surface area contributed by atoms with Crippen LogP contribution < -0.4 is 16.3 Å². The van der Waals surface area contributed by atoms with Crippen molar-refractivity contribution in [1.82, 2.24) is 0 Å². The van der Waals surface area contributed by atoms with Crippen LogP contribution in [0.1, 0.15) is 30.0 Å². The van der Waals surface area contributed by atoms with Crippen LogP contribution in [-0.2, 0) is 16.0 Å². The minimum atomic E-state index is -0.504. The first-order valence-corrected chi connectivity index (χ1v) is 9.18. The molecule has 0 aliphatic carbocycles. The van der Waals surface area contributed by atoms with Crippen molar-refractivity contribution in [2.24, 2.45) is 0 Å². The molecule has 0 aliphatic rings. The van der Waals surface area contributed by atoms with E-state index in [-0.39, 0.29) is 30.4 Å². The highest BCUT2D eigenvalue weighted by Crippen LogP contribution is 2.28. The molecule has 7 heteroatoms. The summed E-state index contributed by atoms with van der Waals surface area (Å²) in [5, 5.41) is 16.0. The molecule has 2 aromatic carbocycles. The first-order valence-electron chi connectivity index (χ1n) is 9.18. The van der Waals surface area contributed by atoms with Gasteiger partial charge in [-0.2, -0.15) is 0 Å². The Hall–Kier alpha value is -3.61. The fourth-order valence-corrected chi connectivity index (χ4v) is 3.17. The summed E-state index contributed by atoms with van der Waals surface area (Å²) in [6.07, 6.45) is 0.349. The van der Waals surface area contributed by atoms with Crippen molar-refractivity contribution in [2.75, 3.05) is 10.6 Å². The molecule has 29 heavy (non-hydrogen) atoms. The molecule has 1 heterocycles. The van der Waals surface area contributed by atoms with Gasteiger partial charge in [-0.25, -0.2) is 4.79 Å². The molecule has 2 amide bonds. The van der Waals surface area contributed by atoms with E-state index in [1.807, 2.05) is 6.92 Å². The van der Waals surface area contributed by atoms with Crippen LogP contribution in [-0.4, -0.2) is 16.9 Å². The van der Waals surface area contributed by atoms with Gasteiger partial charge in [-0.3, -0.25) is 9.59 Å². The highest BCUT2D eigenvalue weighted by Gasteiger charge is 2.15. The highest BCUT2D eigenvalue weighted by atomic mass is 16.4. The SMILES string of the molecule is CC(=O)Nc1ccc(NC(=O)CCc2c(C)c3ccc(O)c(C)c3oc2=O)cc1. The van der Waals surface area contributed by atoms with Gasteiger partial charge in [0.2, 0.25) is 11.8 Å². The minimum absolute atomic E-state index is 0.0664. The van der Waals surface area contributed by atoms with Crippen molar-refractivity contribution in [3.05, 3.63) is 63.5 Å². The number of carbonyl (C=O) groups excluding carboxylic acids is 2. The number of aromatic hydroxyl groups is 1. The quantitative estimate of drug-likeness (QED) is 0.573. The summed E-state index contributed by atoms with van der Waals surface area (Å²) < 4.78 is 5.40. The summed E-state index contributed by atoms with van der Waals surface area (Å²) in [6, 6.07) is 10.0. The number of hydrogen-bond acceptors (Lipinski definition) is 5. The molecule has 0 unspecified atom stereocenters. The molecular formula is C22H22N2O5. The summed E-state index contributed by atoms with van der Waals surface area (Å²) in [6.45, 7) is 4.92. The van der Waals surface area contributed by atoms with E-state index < -0.39 is 5.63 Å². The van der Waals surface area contributed by atoms with Crippen LogP contribution in [0.3, 0.4) is 0 Å². The molecular weight excluding hydrogens is 372 g/mol. The molecule has 0 saturated heterocycles. The molecule has 7 nitrogen and oxygen atoms in total. The molecule has 3 rings (SSSR count). The average molecular weight is 394 g/mol. The van der Waals surface area contributed by atoms with Crippen LogP contribution in [0.4, 0.5) is 11.4 Å². The predicted octanol–water partition coefficient (Wildman–Crippen LogP) is 3.65. The molecule has 0 aliphatic heterocycles. The van der Waals surface area contributed by atoms with Crippen LogP contribution >= 0.6 is 0 Å². The molecule has 3 N–H and O–H groups in total. The number of anilines is 2. The second-order valence-corrected chi connectivity index (χ2v) is 6.89. The van der Waals surface area contributed by atoms with Crippen molar-refractivity contribution >= 4 is 34.2 Å². The Kier molecular flexibility index (Phi) is 5.68. The van der Waals surface area contributed by atoms with E-state index in [9.17, 15) is 19.5 Å². The number of phenols is 1. The molecule has 150 valence electrons. The van der Waals surface area contributed by atoms with Crippen LogP contribution in [0.25, 0.3) is 11.0 Å². The Labute approximate surface area is 167 Å². The van der Waals surface area contributed by atoms with E-state index in [1.165, 1.54) is 6.92 Å². The number of carbonyl (C=O) groups is 2. The van der Waals surface area contributed by atoms with Gasteiger partial charge in [0.1, 0.15) is 11.3 Å². The predicted molar refractivity (Wildman–Crippen MR) is 111 cm³/mol. The Morgan fingerprint density at radius 1 is 0.966 bits per heavy atom. The lowest BCUT2D eigenvalue weighted by Crippen LogP contribution is -2.16.